The third kappa shape index (κ3) is 4.29. The SMILES string of the molecule is CN(C)C.CN1CCCC1c1cccnc1. The highest BCUT2D eigenvalue weighted by molar-refractivity contribution is 5.14. The van der Waals surface area contributed by atoms with Crippen LogP contribution in [0.15, 0.2) is 24.5 Å². The molecule has 1 aromatic heterocycles. The second kappa shape index (κ2) is 6.61. The maximum atomic E-state index is 4.14. The van der Waals surface area contributed by atoms with Crippen molar-refractivity contribution in [3.8, 4) is 0 Å². The van der Waals surface area contributed by atoms with Crippen molar-refractivity contribution in [3.05, 3.63) is 30.1 Å². The van der Waals surface area contributed by atoms with E-state index in [1.165, 1.54) is 24.9 Å². The normalized spacial score (nSPS) is 20.7. The van der Waals surface area contributed by atoms with Crippen molar-refractivity contribution in [2.75, 3.05) is 34.7 Å². The second-order valence-corrected chi connectivity index (χ2v) is 4.77. The zero-order chi connectivity index (χ0) is 12.0. The predicted molar refractivity (Wildman–Crippen MR) is 68.5 cm³/mol. The van der Waals surface area contributed by atoms with Crippen molar-refractivity contribution in [1.82, 2.24) is 14.8 Å². The van der Waals surface area contributed by atoms with Gasteiger partial charge in [0.1, 0.15) is 0 Å². The monoisotopic (exact) mass is 221 g/mol. The second-order valence-electron chi connectivity index (χ2n) is 4.77. The fraction of sp³-hybridized carbons (Fsp3) is 0.615. The summed E-state index contributed by atoms with van der Waals surface area (Å²) in [5.74, 6) is 0. The standard InChI is InChI=1S/C10H14N2.C3H9N/c1-12-7-3-5-10(12)9-4-2-6-11-8-9;1-4(2)3/h2,4,6,8,10H,3,5,7H2,1H3;1-3H3. The van der Waals surface area contributed by atoms with Crippen molar-refractivity contribution in [2.45, 2.75) is 18.9 Å². The molecule has 1 aliphatic rings. The minimum absolute atomic E-state index is 0.610. The van der Waals surface area contributed by atoms with E-state index in [4.69, 9.17) is 0 Å². The summed E-state index contributed by atoms with van der Waals surface area (Å²) < 4.78 is 0. The smallest absolute Gasteiger partial charge is 0.0360 e. The molecule has 0 radical (unpaired) electrons. The quantitative estimate of drug-likeness (QED) is 0.723. The molecule has 0 spiro atoms. The van der Waals surface area contributed by atoms with Crippen LogP contribution in [0.25, 0.3) is 0 Å². The predicted octanol–water partition coefficient (Wildman–Crippen LogP) is 2.03. The van der Waals surface area contributed by atoms with Crippen LogP contribution in [0.5, 0.6) is 0 Å². The van der Waals surface area contributed by atoms with E-state index < -0.39 is 0 Å². The lowest BCUT2D eigenvalue weighted by Crippen LogP contribution is -2.17. The van der Waals surface area contributed by atoms with Gasteiger partial charge in [0.15, 0.2) is 0 Å². The molecule has 1 aliphatic heterocycles. The van der Waals surface area contributed by atoms with Crippen LogP contribution in [0.1, 0.15) is 24.4 Å². The van der Waals surface area contributed by atoms with Crippen LogP contribution >= 0.6 is 0 Å². The summed E-state index contributed by atoms with van der Waals surface area (Å²) in [4.78, 5) is 8.54. The van der Waals surface area contributed by atoms with E-state index in [2.05, 4.69) is 23.0 Å². The Bertz CT molecular complexity index is 282. The molecular formula is C13H23N3. The highest BCUT2D eigenvalue weighted by Gasteiger charge is 2.21. The highest BCUT2D eigenvalue weighted by Crippen LogP contribution is 2.29. The van der Waals surface area contributed by atoms with Crippen molar-refractivity contribution >= 4 is 0 Å². The molecule has 16 heavy (non-hydrogen) atoms. The van der Waals surface area contributed by atoms with E-state index in [0.717, 1.165) is 0 Å². The Morgan fingerprint density at radius 1 is 1.38 bits per heavy atom. The van der Waals surface area contributed by atoms with Crippen LogP contribution in [-0.2, 0) is 0 Å². The summed E-state index contributed by atoms with van der Waals surface area (Å²) in [5, 5.41) is 0. The van der Waals surface area contributed by atoms with Crippen molar-refractivity contribution in [1.29, 1.82) is 0 Å². The first-order valence-electron chi connectivity index (χ1n) is 5.82. The third-order valence-electron chi connectivity index (χ3n) is 2.59. The topological polar surface area (TPSA) is 19.4 Å². The summed E-state index contributed by atoms with van der Waals surface area (Å²) in [6, 6.07) is 4.79. The number of nitrogens with zero attached hydrogens (tertiary/aromatic N) is 3. The molecule has 1 atom stereocenters. The molecule has 1 saturated heterocycles. The van der Waals surface area contributed by atoms with Gasteiger partial charge >= 0.3 is 0 Å². The first-order valence-corrected chi connectivity index (χ1v) is 5.82. The maximum Gasteiger partial charge on any atom is 0.0360 e. The molecule has 0 amide bonds. The van der Waals surface area contributed by atoms with Gasteiger partial charge in [-0.1, -0.05) is 6.07 Å². The van der Waals surface area contributed by atoms with Gasteiger partial charge in [-0.2, -0.15) is 0 Å². The summed E-state index contributed by atoms with van der Waals surface area (Å²) in [6.45, 7) is 1.22. The van der Waals surface area contributed by atoms with Gasteiger partial charge in [-0.25, -0.2) is 0 Å². The third-order valence-corrected chi connectivity index (χ3v) is 2.59. The summed E-state index contributed by atoms with van der Waals surface area (Å²) in [6.07, 6.45) is 6.41. The van der Waals surface area contributed by atoms with E-state index >= 15 is 0 Å². The van der Waals surface area contributed by atoms with Crippen molar-refractivity contribution in [2.24, 2.45) is 0 Å². The molecule has 1 aromatic rings. The maximum absolute atomic E-state index is 4.14. The van der Waals surface area contributed by atoms with E-state index in [-0.39, 0.29) is 0 Å². The largest absolute Gasteiger partial charge is 0.312 e. The Balaban J connectivity index is 0.000000280. The van der Waals surface area contributed by atoms with E-state index in [1.54, 1.807) is 0 Å². The highest BCUT2D eigenvalue weighted by atomic mass is 15.1. The minimum Gasteiger partial charge on any atom is -0.312 e. The van der Waals surface area contributed by atoms with Gasteiger partial charge in [-0.15, -0.1) is 0 Å². The Labute approximate surface area is 99.1 Å². The Kier molecular flexibility index (Phi) is 5.43. The summed E-state index contributed by atoms with van der Waals surface area (Å²) in [5.41, 5.74) is 1.36. The molecular weight excluding hydrogens is 198 g/mol. The van der Waals surface area contributed by atoms with Gasteiger partial charge in [0.25, 0.3) is 0 Å². The number of hydrogen-bond acceptors (Lipinski definition) is 3. The number of likely N-dealkylation sites (tertiary alicyclic amines) is 1. The number of hydrogen-bond donors (Lipinski definition) is 0. The average Bonchev–Trinajstić information content (AvgIpc) is 2.65. The van der Waals surface area contributed by atoms with E-state index in [0.29, 0.717) is 6.04 Å². The van der Waals surface area contributed by atoms with E-state index in [9.17, 15) is 0 Å². The lowest BCUT2D eigenvalue weighted by Gasteiger charge is -2.18. The summed E-state index contributed by atoms with van der Waals surface area (Å²) in [7, 11) is 8.19. The van der Waals surface area contributed by atoms with Crippen LogP contribution in [0.4, 0.5) is 0 Å². The van der Waals surface area contributed by atoms with Gasteiger partial charge < -0.3 is 4.90 Å². The lowest BCUT2D eigenvalue weighted by atomic mass is 10.1. The van der Waals surface area contributed by atoms with Crippen LogP contribution in [0.2, 0.25) is 0 Å². The zero-order valence-electron chi connectivity index (χ0n) is 10.8. The Morgan fingerprint density at radius 3 is 2.50 bits per heavy atom. The molecule has 1 unspecified atom stereocenters. The molecule has 0 bridgehead atoms. The number of aromatic nitrogens is 1. The average molecular weight is 221 g/mol. The molecule has 3 heteroatoms. The van der Waals surface area contributed by atoms with Crippen LogP contribution in [-0.4, -0.2) is 49.5 Å². The molecule has 2 rings (SSSR count). The molecule has 90 valence electrons. The van der Waals surface area contributed by atoms with Gasteiger partial charge in [0.05, 0.1) is 0 Å². The van der Waals surface area contributed by atoms with Crippen LogP contribution < -0.4 is 0 Å². The Hall–Kier alpha value is -0.930. The van der Waals surface area contributed by atoms with E-state index in [1.807, 2.05) is 44.5 Å². The number of pyridine rings is 1. The number of rotatable bonds is 1. The first-order chi connectivity index (χ1) is 7.61. The van der Waals surface area contributed by atoms with Crippen LogP contribution in [0, 0.1) is 0 Å². The molecule has 0 aromatic carbocycles. The minimum atomic E-state index is 0.610. The fourth-order valence-corrected chi connectivity index (χ4v) is 1.90. The molecule has 0 saturated carbocycles. The molecule has 3 nitrogen and oxygen atoms in total. The first kappa shape index (κ1) is 13.1. The molecule has 2 heterocycles. The zero-order valence-corrected chi connectivity index (χ0v) is 10.8. The lowest BCUT2D eigenvalue weighted by molar-refractivity contribution is 0.317. The van der Waals surface area contributed by atoms with Gasteiger partial charge in [0.2, 0.25) is 0 Å². The fourth-order valence-electron chi connectivity index (χ4n) is 1.90. The Morgan fingerprint density at radius 2 is 2.06 bits per heavy atom. The van der Waals surface area contributed by atoms with Crippen molar-refractivity contribution in [3.63, 3.8) is 0 Å². The van der Waals surface area contributed by atoms with Gasteiger partial charge in [-0.05, 0) is 59.2 Å². The van der Waals surface area contributed by atoms with Crippen LogP contribution in [0.3, 0.4) is 0 Å². The molecule has 0 aliphatic carbocycles. The summed E-state index contributed by atoms with van der Waals surface area (Å²) >= 11 is 0. The van der Waals surface area contributed by atoms with Crippen molar-refractivity contribution < 1.29 is 0 Å². The van der Waals surface area contributed by atoms with Gasteiger partial charge in [-0.3, -0.25) is 9.88 Å². The molecule has 1 fully saturated rings. The molecule has 0 N–H and O–H groups in total. The van der Waals surface area contributed by atoms with Gasteiger partial charge in [0, 0.05) is 18.4 Å².